The molecule has 1 fully saturated rings. The second-order valence-corrected chi connectivity index (χ2v) is 9.60. The molecule has 2 aliphatic rings. The number of rotatable bonds is 5. The first kappa shape index (κ1) is 23.6. The first-order valence-electron chi connectivity index (χ1n) is 11.3. The molecule has 0 spiro atoms. The fraction of sp³-hybridized carbons (Fsp3) is 0.560. The maximum atomic E-state index is 13.2. The quantitative estimate of drug-likeness (QED) is 0.614. The van der Waals surface area contributed by atoms with Crippen molar-refractivity contribution < 1.29 is 19.5 Å². The molecule has 7 heteroatoms. The second kappa shape index (κ2) is 10.1. The predicted octanol–water partition coefficient (Wildman–Crippen LogP) is 3.25. The van der Waals surface area contributed by atoms with Gasteiger partial charge in [-0.15, -0.1) is 5.92 Å². The molecule has 0 bridgehead atoms. The maximum absolute atomic E-state index is 13.2. The summed E-state index contributed by atoms with van der Waals surface area (Å²) in [7, 11) is 0. The number of benzene rings is 1. The predicted molar refractivity (Wildman–Crippen MR) is 122 cm³/mol. The average Bonchev–Trinajstić information content (AvgIpc) is 3.21. The van der Waals surface area contributed by atoms with Crippen LogP contribution in [0.15, 0.2) is 24.3 Å². The Bertz CT molecular complexity index is 925. The molecule has 1 aromatic carbocycles. The van der Waals surface area contributed by atoms with Crippen LogP contribution in [0.3, 0.4) is 0 Å². The Morgan fingerprint density at radius 2 is 1.94 bits per heavy atom. The molecule has 1 aromatic rings. The van der Waals surface area contributed by atoms with Crippen molar-refractivity contribution in [3.8, 4) is 11.8 Å². The van der Waals surface area contributed by atoms with E-state index in [0.717, 1.165) is 24.8 Å². The number of hydrogen-bond donors (Lipinski definition) is 3. The smallest absolute Gasteiger partial charge is 0.405 e. The van der Waals surface area contributed by atoms with E-state index in [1.165, 1.54) is 10.5 Å². The Morgan fingerprint density at radius 1 is 1.19 bits per heavy atom. The molecule has 1 heterocycles. The lowest BCUT2D eigenvalue weighted by Gasteiger charge is -2.31. The number of aryl methyl sites for hydroxylation is 1. The number of carbonyl (C=O) groups excluding carboxylic acids is 2. The summed E-state index contributed by atoms with van der Waals surface area (Å²) >= 11 is 0. The summed E-state index contributed by atoms with van der Waals surface area (Å²) in [6, 6.07) is 6.50. The van der Waals surface area contributed by atoms with Crippen molar-refractivity contribution in [1.82, 2.24) is 15.5 Å². The van der Waals surface area contributed by atoms with Gasteiger partial charge in [0.05, 0.1) is 6.04 Å². The largest absolute Gasteiger partial charge is 0.465 e. The summed E-state index contributed by atoms with van der Waals surface area (Å²) < 4.78 is 0. The SMILES string of the molecule is CC(C)(C)C#CC[C@H](NC(=O)O)C(=O)N1CCC[C@H]1C(=O)N[C@@H]1CCCc2ccccc21. The maximum Gasteiger partial charge on any atom is 0.405 e. The third kappa shape index (κ3) is 6.03. The first-order chi connectivity index (χ1) is 15.2. The number of likely N-dealkylation sites (tertiary alicyclic amines) is 1. The van der Waals surface area contributed by atoms with Gasteiger partial charge >= 0.3 is 6.09 Å². The third-order valence-electron chi connectivity index (χ3n) is 5.89. The lowest BCUT2D eigenvalue weighted by molar-refractivity contribution is -0.140. The van der Waals surface area contributed by atoms with Gasteiger partial charge in [0.25, 0.3) is 0 Å². The number of carboxylic acid groups (broad SMARTS) is 1. The van der Waals surface area contributed by atoms with Crippen LogP contribution in [0.2, 0.25) is 0 Å². The van der Waals surface area contributed by atoms with Gasteiger partial charge in [-0.25, -0.2) is 4.79 Å². The zero-order valence-corrected chi connectivity index (χ0v) is 19.1. The minimum absolute atomic E-state index is 0.0596. The Kier molecular flexibility index (Phi) is 7.44. The number of hydrogen-bond acceptors (Lipinski definition) is 3. The van der Waals surface area contributed by atoms with Crippen LogP contribution in [0.5, 0.6) is 0 Å². The lowest BCUT2D eigenvalue weighted by atomic mass is 9.87. The molecule has 3 amide bonds. The Morgan fingerprint density at radius 3 is 2.66 bits per heavy atom. The van der Waals surface area contributed by atoms with Gasteiger partial charge in [0.15, 0.2) is 0 Å². The van der Waals surface area contributed by atoms with Crippen molar-refractivity contribution in [2.75, 3.05) is 6.54 Å². The van der Waals surface area contributed by atoms with Gasteiger partial charge in [-0.3, -0.25) is 9.59 Å². The first-order valence-corrected chi connectivity index (χ1v) is 11.3. The Balaban J connectivity index is 1.71. The molecule has 3 rings (SSSR count). The summed E-state index contributed by atoms with van der Waals surface area (Å²) in [5.41, 5.74) is 2.15. The summed E-state index contributed by atoms with van der Waals surface area (Å²) in [5.74, 6) is 5.40. The number of nitrogens with one attached hydrogen (secondary N) is 2. The number of fused-ring (bicyclic) bond motifs is 1. The minimum Gasteiger partial charge on any atom is -0.465 e. The molecule has 3 N–H and O–H groups in total. The topological polar surface area (TPSA) is 98.7 Å². The van der Waals surface area contributed by atoms with Gasteiger partial charge in [-0.1, -0.05) is 30.2 Å². The monoisotopic (exact) mass is 439 g/mol. The van der Waals surface area contributed by atoms with Crippen LogP contribution in [-0.2, 0) is 16.0 Å². The van der Waals surface area contributed by atoms with Crippen molar-refractivity contribution in [1.29, 1.82) is 0 Å². The van der Waals surface area contributed by atoms with E-state index in [4.69, 9.17) is 0 Å². The highest BCUT2D eigenvalue weighted by atomic mass is 16.4. The molecule has 7 nitrogen and oxygen atoms in total. The van der Waals surface area contributed by atoms with Crippen LogP contribution in [0.25, 0.3) is 0 Å². The molecular weight excluding hydrogens is 406 g/mol. The van der Waals surface area contributed by atoms with E-state index >= 15 is 0 Å². The van der Waals surface area contributed by atoms with Crippen LogP contribution in [-0.4, -0.2) is 46.5 Å². The summed E-state index contributed by atoms with van der Waals surface area (Å²) in [6.07, 6.45) is 2.96. The van der Waals surface area contributed by atoms with Crippen LogP contribution < -0.4 is 10.6 Å². The number of amides is 3. The molecule has 0 aromatic heterocycles. The highest BCUT2D eigenvalue weighted by molar-refractivity contribution is 5.92. The lowest BCUT2D eigenvalue weighted by Crippen LogP contribution is -2.53. The normalized spacial score (nSPS) is 21.0. The molecule has 1 aliphatic carbocycles. The van der Waals surface area contributed by atoms with E-state index in [1.54, 1.807) is 0 Å². The van der Waals surface area contributed by atoms with Crippen LogP contribution in [0.1, 0.15) is 70.0 Å². The summed E-state index contributed by atoms with van der Waals surface area (Å²) in [6.45, 7) is 6.28. The fourth-order valence-corrected chi connectivity index (χ4v) is 4.44. The van der Waals surface area contributed by atoms with E-state index in [9.17, 15) is 19.5 Å². The van der Waals surface area contributed by atoms with Gasteiger partial charge in [0.2, 0.25) is 11.8 Å². The van der Waals surface area contributed by atoms with E-state index in [2.05, 4.69) is 34.6 Å². The second-order valence-electron chi connectivity index (χ2n) is 9.60. The molecule has 0 saturated carbocycles. The molecule has 32 heavy (non-hydrogen) atoms. The molecule has 172 valence electrons. The highest BCUT2D eigenvalue weighted by Gasteiger charge is 2.38. The van der Waals surface area contributed by atoms with E-state index in [1.807, 2.05) is 32.9 Å². The number of carbonyl (C=O) groups is 3. The molecule has 0 unspecified atom stereocenters. The number of nitrogens with zero attached hydrogens (tertiary/aromatic N) is 1. The summed E-state index contributed by atoms with van der Waals surface area (Å²) in [5, 5.41) is 14.6. The van der Waals surface area contributed by atoms with Crippen LogP contribution >= 0.6 is 0 Å². The van der Waals surface area contributed by atoms with Gasteiger partial charge in [-0.2, -0.15) is 0 Å². The van der Waals surface area contributed by atoms with Crippen LogP contribution in [0.4, 0.5) is 4.79 Å². The Hall–Kier alpha value is -3.01. The van der Waals surface area contributed by atoms with Gasteiger partial charge < -0.3 is 20.6 Å². The van der Waals surface area contributed by atoms with Crippen molar-refractivity contribution in [2.24, 2.45) is 5.41 Å². The molecule has 0 radical (unpaired) electrons. The Labute approximate surface area is 189 Å². The molecule has 1 saturated heterocycles. The van der Waals surface area contributed by atoms with E-state index in [0.29, 0.717) is 19.4 Å². The molecule has 1 aliphatic heterocycles. The van der Waals surface area contributed by atoms with Crippen LogP contribution in [0, 0.1) is 17.3 Å². The zero-order valence-electron chi connectivity index (χ0n) is 19.1. The van der Waals surface area contributed by atoms with Crippen molar-refractivity contribution in [3.63, 3.8) is 0 Å². The highest BCUT2D eigenvalue weighted by Crippen LogP contribution is 2.30. The fourth-order valence-electron chi connectivity index (χ4n) is 4.44. The average molecular weight is 440 g/mol. The zero-order chi connectivity index (χ0) is 23.3. The molecule has 3 atom stereocenters. The van der Waals surface area contributed by atoms with Crippen molar-refractivity contribution in [3.05, 3.63) is 35.4 Å². The van der Waals surface area contributed by atoms with E-state index in [-0.39, 0.29) is 23.8 Å². The third-order valence-corrected chi connectivity index (χ3v) is 5.89. The summed E-state index contributed by atoms with van der Waals surface area (Å²) in [4.78, 5) is 39.1. The minimum atomic E-state index is -1.28. The van der Waals surface area contributed by atoms with Crippen molar-refractivity contribution in [2.45, 2.75) is 77.4 Å². The van der Waals surface area contributed by atoms with Gasteiger partial charge in [-0.05, 0) is 64.0 Å². The standard InChI is InChI=1S/C25H33N3O4/c1-25(2,3)15-7-13-20(27-24(31)32)23(30)28-16-8-14-21(28)22(29)26-19-12-6-10-17-9-4-5-11-18(17)19/h4-5,9,11,19-21,27H,6,8,10,12-14,16H2,1-3H3,(H,26,29)(H,31,32)/t19-,20+,21+/m1/s1. The van der Waals surface area contributed by atoms with Gasteiger partial charge in [0, 0.05) is 18.4 Å². The molecular formula is C25H33N3O4. The van der Waals surface area contributed by atoms with Gasteiger partial charge in [0.1, 0.15) is 12.1 Å². The van der Waals surface area contributed by atoms with Crippen molar-refractivity contribution >= 4 is 17.9 Å². The van der Waals surface area contributed by atoms with E-state index < -0.39 is 24.1 Å².